The second kappa shape index (κ2) is 6.45. The Bertz CT molecular complexity index is 546. The summed E-state index contributed by atoms with van der Waals surface area (Å²) in [6, 6.07) is 4.74. The molecule has 114 valence electrons. The van der Waals surface area contributed by atoms with Gasteiger partial charge < -0.3 is 19.9 Å². The Kier molecular flexibility index (Phi) is 4.64. The summed E-state index contributed by atoms with van der Waals surface area (Å²) in [7, 11) is 1.60. The lowest BCUT2D eigenvalue weighted by Gasteiger charge is -2.20. The Labute approximate surface area is 122 Å². The molecular formula is C14H18N2O5. The van der Waals surface area contributed by atoms with Gasteiger partial charge in [0, 0.05) is 6.54 Å². The van der Waals surface area contributed by atoms with Gasteiger partial charge in [0.15, 0.2) is 11.5 Å². The van der Waals surface area contributed by atoms with Crippen LogP contribution in [0.5, 0.6) is 11.5 Å². The zero-order valence-electron chi connectivity index (χ0n) is 12.0. The minimum atomic E-state index is -0.957. The second-order valence-electron chi connectivity index (χ2n) is 4.89. The summed E-state index contributed by atoms with van der Waals surface area (Å²) in [5, 5.41) is 11.6. The average molecular weight is 294 g/mol. The molecule has 7 heteroatoms. The van der Waals surface area contributed by atoms with Crippen molar-refractivity contribution < 1.29 is 24.2 Å². The van der Waals surface area contributed by atoms with Gasteiger partial charge in [-0.05, 0) is 31.7 Å². The molecule has 1 atom stereocenters. The van der Waals surface area contributed by atoms with Crippen LogP contribution in [0.3, 0.4) is 0 Å². The van der Waals surface area contributed by atoms with Crippen molar-refractivity contribution in [1.29, 1.82) is 0 Å². The van der Waals surface area contributed by atoms with Crippen molar-refractivity contribution >= 4 is 11.9 Å². The number of carboxylic acid groups (broad SMARTS) is 1. The monoisotopic (exact) mass is 294 g/mol. The minimum Gasteiger partial charge on any atom is -0.480 e. The van der Waals surface area contributed by atoms with Gasteiger partial charge in [-0.25, -0.2) is 0 Å². The zero-order valence-corrected chi connectivity index (χ0v) is 12.0. The summed E-state index contributed by atoms with van der Waals surface area (Å²) in [5.41, 5.74) is 0.890. The summed E-state index contributed by atoms with van der Waals surface area (Å²) in [5.74, 6) is 0.169. The van der Waals surface area contributed by atoms with Crippen molar-refractivity contribution in [2.75, 3.05) is 20.4 Å². The number of hydrogen-bond donors (Lipinski definition) is 2. The molecule has 0 saturated carbocycles. The molecule has 0 radical (unpaired) electrons. The van der Waals surface area contributed by atoms with Gasteiger partial charge in [0.2, 0.25) is 12.7 Å². The summed E-state index contributed by atoms with van der Waals surface area (Å²) in [6.07, 6.45) is 0. The molecule has 0 aliphatic carbocycles. The van der Waals surface area contributed by atoms with Crippen LogP contribution < -0.4 is 14.8 Å². The van der Waals surface area contributed by atoms with E-state index in [2.05, 4.69) is 5.32 Å². The number of carboxylic acids is 1. The van der Waals surface area contributed by atoms with Crippen LogP contribution in [0.25, 0.3) is 0 Å². The first-order valence-corrected chi connectivity index (χ1v) is 6.55. The van der Waals surface area contributed by atoms with Crippen LogP contribution in [0.15, 0.2) is 18.2 Å². The van der Waals surface area contributed by atoms with Gasteiger partial charge in [-0.1, -0.05) is 6.07 Å². The van der Waals surface area contributed by atoms with E-state index in [4.69, 9.17) is 14.6 Å². The lowest BCUT2D eigenvalue weighted by molar-refractivity contribution is -0.142. The van der Waals surface area contributed by atoms with Crippen LogP contribution in [-0.2, 0) is 16.1 Å². The Hall–Kier alpha value is -2.28. The molecule has 0 spiro atoms. The molecular weight excluding hydrogens is 276 g/mol. The van der Waals surface area contributed by atoms with Gasteiger partial charge in [-0.3, -0.25) is 14.5 Å². The second-order valence-corrected chi connectivity index (χ2v) is 4.89. The molecule has 2 rings (SSSR count). The van der Waals surface area contributed by atoms with Crippen molar-refractivity contribution in [3.63, 3.8) is 0 Å². The number of aliphatic carboxylic acids is 1. The third kappa shape index (κ3) is 3.85. The lowest BCUT2D eigenvalue weighted by Crippen LogP contribution is -2.42. The predicted octanol–water partition coefficient (Wildman–Crippen LogP) is 0.436. The molecule has 7 nitrogen and oxygen atoms in total. The molecule has 0 bridgehead atoms. The van der Waals surface area contributed by atoms with E-state index in [0.717, 1.165) is 5.56 Å². The third-order valence-electron chi connectivity index (χ3n) is 3.34. The Morgan fingerprint density at radius 3 is 2.81 bits per heavy atom. The van der Waals surface area contributed by atoms with E-state index < -0.39 is 12.0 Å². The molecule has 1 heterocycles. The standard InChI is InChI=1S/C14H18N2O5/c1-9(14(18)19)16(2)7-13(17)15-6-10-3-4-11-12(5-10)21-8-20-11/h3-5,9H,6-8H2,1-2H3,(H,15,17)(H,18,19). The van der Waals surface area contributed by atoms with Crippen LogP contribution in [0, 0.1) is 0 Å². The summed E-state index contributed by atoms with van der Waals surface area (Å²) < 4.78 is 10.5. The molecule has 1 aromatic carbocycles. The van der Waals surface area contributed by atoms with Crippen LogP contribution >= 0.6 is 0 Å². The fourth-order valence-electron chi connectivity index (χ4n) is 1.86. The quantitative estimate of drug-likeness (QED) is 0.791. The molecule has 1 aliphatic heterocycles. The highest BCUT2D eigenvalue weighted by Crippen LogP contribution is 2.32. The highest BCUT2D eigenvalue weighted by molar-refractivity contribution is 5.79. The minimum absolute atomic E-state index is 0.0258. The summed E-state index contributed by atoms with van der Waals surface area (Å²) >= 11 is 0. The maximum atomic E-state index is 11.8. The fraction of sp³-hybridized carbons (Fsp3) is 0.429. The van der Waals surface area contributed by atoms with Crippen molar-refractivity contribution in [3.05, 3.63) is 23.8 Å². The van der Waals surface area contributed by atoms with Gasteiger partial charge >= 0.3 is 5.97 Å². The number of amides is 1. The number of fused-ring (bicyclic) bond motifs is 1. The van der Waals surface area contributed by atoms with Crippen LogP contribution in [0.4, 0.5) is 0 Å². The number of ether oxygens (including phenoxy) is 2. The van der Waals surface area contributed by atoms with E-state index in [9.17, 15) is 9.59 Å². The smallest absolute Gasteiger partial charge is 0.320 e. The van der Waals surface area contributed by atoms with Gasteiger partial charge in [-0.2, -0.15) is 0 Å². The number of carbonyl (C=O) groups is 2. The van der Waals surface area contributed by atoms with E-state index in [1.54, 1.807) is 13.1 Å². The van der Waals surface area contributed by atoms with Crippen LogP contribution in [-0.4, -0.2) is 48.3 Å². The molecule has 0 aromatic heterocycles. The fourth-order valence-corrected chi connectivity index (χ4v) is 1.86. The number of nitrogens with one attached hydrogen (secondary N) is 1. The Balaban J connectivity index is 1.83. The highest BCUT2D eigenvalue weighted by Gasteiger charge is 2.19. The maximum absolute atomic E-state index is 11.8. The van der Waals surface area contributed by atoms with Crippen molar-refractivity contribution in [2.45, 2.75) is 19.5 Å². The van der Waals surface area contributed by atoms with Crippen molar-refractivity contribution in [2.24, 2.45) is 0 Å². The molecule has 1 unspecified atom stereocenters. The molecule has 0 saturated heterocycles. The number of likely N-dealkylation sites (N-methyl/N-ethyl adjacent to an activating group) is 1. The SMILES string of the molecule is CC(C(=O)O)N(C)CC(=O)NCc1ccc2c(c1)OCO2. The summed E-state index contributed by atoms with van der Waals surface area (Å²) in [6.45, 7) is 2.12. The predicted molar refractivity (Wildman–Crippen MR) is 74.1 cm³/mol. The van der Waals surface area contributed by atoms with Gasteiger partial charge in [0.05, 0.1) is 6.54 Å². The average Bonchev–Trinajstić information content (AvgIpc) is 2.91. The number of nitrogens with zero attached hydrogens (tertiary/aromatic N) is 1. The molecule has 1 aliphatic rings. The Morgan fingerprint density at radius 2 is 2.10 bits per heavy atom. The van der Waals surface area contributed by atoms with Crippen LogP contribution in [0.2, 0.25) is 0 Å². The molecule has 21 heavy (non-hydrogen) atoms. The number of rotatable bonds is 6. The Morgan fingerprint density at radius 1 is 1.38 bits per heavy atom. The van der Waals surface area contributed by atoms with E-state index >= 15 is 0 Å². The van der Waals surface area contributed by atoms with Crippen molar-refractivity contribution in [3.8, 4) is 11.5 Å². The number of hydrogen-bond acceptors (Lipinski definition) is 5. The van der Waals surface area contributed by atoms with E-state index in [0.29, 0.717) is 18.0 Å². The van der Waals surface area contributed by atoms with Gasteiger partial charge in [0.25, 0.3) is 0 Å². The van der Waals surface area contributed by atoms with Crippen LogP contribution in [0.1, 0.15) is 12.5 Å². The van der Waals surface area contributed by atoms with E-state index in [1.165, 1.54) is 11.8 Å². The number of carbonyl (C=O) groups excluding carboxylic acids is 1. The van der Waals surface area contributed by atoms with E-state index in [-0.39, 0.29) is 19.2 Å². The first-order valence-electron chi connectivity index (χ1n) is 6.55. The molecule has 1 aromatic rings. The zero-order chi connectivity index (χ0) is 15.4. The maximum Gasteiger partial charge on any atom is 0.320 e. The van der Waals surface area contributed by atoms with Gasteiger partial charge in [0.1, 0.15) is 6.04 Å². The third-order valence-corrected chi connectivity index (χ3v) is 3.34. The normalized spacial score (nSPS) is 14.0. The van der Waals surface area contributed by atoms with E-state index in [1.807, 2.05) is 12.1 Å². The highest BCUT2D eigenvalue weighted by atomic mass is 16.7. The molecule has 1 amide bonds. The first-order chi connectivity index (χ1) is 9.97. The lowest BCUT2D eigenvalue weighted by atomic mass is 10.2. The topological polar surface area (TPSA) is 88.1 Å². The summed E-state index contributed by atoms with van der Waals surface area (Å²) in [4.78, 5) is 24.1. The molecule has 0 fully saturated rings. The largest absolute Gasteiger partial charge is 0.480 e. The number of benzene rings is 1. The molecule has 2 N–H and O–H groups in total. The van der Waals surface area contributed by atoms with Gasteiger partial charge in [-0.15, -0.1) is 0 Å². The van der Waals surface area contributed by atoms with Crippen molar-refractivity contribution in [1.82, 2.24) is 10.2 Å². The first kappa shape index (κ1) is 15.1.